The van der Waals surface area contributed by atoms with Crippen molar-refractivity contribution in [2.45, 2.75) is 39.0 Å². The highest BCUT2D eigenvalue weighted by Gasteiger charge is 2.27. The van der Waals surface area contributed by atoms with Crippen molar-refractivity contribution < 1.29 is 18.3 Å². The second-order valence-corrected chi connectivity index (χ2v) is 5.66. The Balaban J connectivity index is 1.94. The quantitative estimate of drug-likeness (QED) is 0.762. The van der Waals surface area contributed by atoms with Gasteiger partial charge in [0, 0.05) is 5.56 Å². The number of ether oxygens (including phenoxy) is 1. The molecule has 2 nitrogen and oxygen atoms in total. The number of rotatable bonds is 5. The molecule has 1 aromatic rings. The molecule has 0 aliphatic heterocycles. The van der Waals surface area contributed by atoms with Crippen LogP contribution in [0, 0.1) is 23.5 Å². The van der Waals surface area contributed by atoms with Gasteiger partial charge in [-0.3, -0.25) is 4.79 Å². The molecule has 0 aromatic heterocycles. The SMILES string of the molecule is CC(C(=O)OCC(C)C1CCC1)c1c(F)cccc1F. The highest BCUT2D eigenvalue weighted by atomic mass is 19.1. The Labute approximate surface area is 118 Å². The van der Waals surface area contributed by atoms with Crippen LogP contribution in [0.15, 0.2) is 18.2 Å². The molecule has 1 aliphatic rings. The summed E-state index contributed by atoms with van der Waals surface area (Å²) < 4.78 is 32.4. The predicted octanol–water partition coefficient (Wildman–Crippen LogP) is 4.05. The van der Waals surface area contributed by atoms with Crippen LogP contribution in [0.5, 0.6) is 0 Å². The Morgan fingerprint density at radius 3 is 2.40 bits per heavy atom. The molecule has 20 heavy (non-hydrogen) atoms. The lowest BCUT2D eigenvalue weighted by Crippen LogP contribution is -2.26. The van der Waals surface area contributed by atoms with E-state index in [4.69, 9.17) is 4.74 Å². The second kappa shape index (κ2) is 6.33. The van der Waals surface area contributed by atoms with Gasteiger partial charge in [0.15, 0.2) is 0 Å². The minimum Gasteiger partial charge on any atom is -0.465 e. The van der Waals surface area contributed by atoms with Gasteiger partial charge < -0.3 is 4.74 Å². The van der Waals surface area contributed by atoms with E-state index < -0.39 is 23.5 Å². The van der Waals surface area contributed by atoms with Gasteiger partial charge in [0.05, 0.1) is 12.5 Å². The normalized spacial score (nSPS) is 18.2. The maximum atomic E-state index is 13.6. The number of esters is 1. The van der Waals surface area contributed by atoms with Crippen LogP contribution in [0.25, 0.3) is 0 Å². The summed E-state index contributed by atoms with van der Waals surface area (Å²) >= 11 is 0. The van der Waals surface area contributed by atoms with Crippen LogP contribution in [0.2, 0.25) is 0 Å². The summed E-state index contributed by atoms with van der Waals surface area (Å²) in [5, 5.41) is 0. The average molecular weight is 282 g/mol. The zero-order valence-electron chi connectivity index (χ0n) is 11.9. The molecular formula is C16H20F2O2. The lowest BCUT2D eigenvalue weighted by molar-refractivity contribution is -0.147. The minimum atomic E-state index is -0.926. The minimum absolute atomic E-state index is 0.214. The van der Waals surface area contributed by atoms with Gasteiger partial charge in [0.25, 0.3) is 0 Å². The zero-order chi connectivity index (χ0) is 14.7. The molecule has 110 valence electrons. The number of halogens is 2. The summed E-state index contributed by atoms with van der Waals surface area (Å²) in [7, 11) is 0. The fraction of sp³-hybridized carbons (Fsp3) is 0.562. The highest BCUT2D eigenvalue weighted by molar-refractivity contribution is 5.77. The molecule has 0 bridgehead atoms. The van der Waals surface area contributed by atoms with Crippen molar-refractivity contribution in [1.82, 2.24) is 0 Å². The van der Waals surface area contributed by atoms with Gasteiger partial charge >= 0.3 is 5.97 Å². The fourth-order valence-electron chi connectivity index (χ4n) is 2.53. The van der Waals surface area contributed by atoms with E-state index in [2.05, 4.69) is 0 Å². The maximum Gasteiger partial charge on any atom is 0.313 e. The molecule has 1 saturated carbocycles. The topological polar surface area (TPSA) is 26.3 Å². The fourth-order valence-corrected chi connectivity index (χ4v) is 2.53. The molecule has 0 heterocycles. The molecule has 1 fully saturated rings. The lowest BCUT2D eigenvalue weighted by Gasteiger charge is -2.31. The molecule has 2 unspecified atom stereocenters. The summed E-state index contributed by atoms with van der Waals surface area (Å²) in [4.78, 5) is 11.9. The van der Waals surface area contributed by atoms with Crippen molar-refractivity contribution >= 4 is 5.97 Å². The van der Waals surface area contributed by atoms with E-state index in [1.54, 1.807) is 0 Å². The van der Waals surface area contributed by atoms with Crippen molar-refractivity contribution in [2.75, 3.05) is 6.61 Å². The first-order valence-corrected chi connectivity index (χ1v) is 7.11. The monoisotopic (exact) mass is 282 g/mol. The van der Waals surface area contributed by atoms with Crippen molar-refractivity contribution in [3.8, 4) is 0 Å². The number of hydrogen-bond donors (Lipinski definition) is 0. The zero-order valence-corrected chi connectivity index (χ0v) is 11.9. The van der Waals surface area contributed by atoms with Crippen LogP contribution in [0.1, 0.15) is 44.6 Å². The highest BCUT2D eigenvalue weighted by Crippen LogP contribution is 2.33. The van der Waals surface area contributed by atoms with E-state index in [0.717, 1.165) is 12.1 Å². The molecule has 4 heteroatoms. The Kier molecular flexibility index (Phi) is 4.73. The van der Waals surface area contributed by atoms with Crippen molar-refractivity contribution in [3.63, 3.8) is 0 Å². The van der Waals surface area contributed by atoms with Crippen molar-refractivity contribution in [1.29, 1.82) is 0 Å². The van der Waals surface area contributed by atoms with Crippen molar-refractivity contribution in [3.05, 3.63) is 35.4 Å². The summed E-state index contributed by atoms with van der Waals surface area (Å²) in [6.07, 6.45) is 3.59. The van der Waals surface area contributed by atoms with Gasteiger partial charge in [0.2, 0.25) is 0 Å². The molecular weight excluding hydrogens is 262 g/mol. The predicted molar refractivity (Wildman–Crippen MR) is 72.2 cm³/mol. The Morgan fingerprint density at radius 1 is 1.30 bits per heavy atom. The Morgan fingerprint density at radius 2 is 1.90 bits per heavy atom. The van der Waals surface area contributed by atoms with Gasteiger partial charge in [-0.15, -0.1) is 0 Å². The molecule has 0 spiro atoms. The average Bonchev–Trinajstić information content (AvgIpc) is 2.33. The number of carbonyl (C=O) groups excluding carboxylic acids is 1. The number of hydrogen-bond acceptors (Lipinski definition) is 2. The summed E-state index contributed by atoms with van der Waals surface area (Å²) in [5.74, 6) is -1.98. The lowest BCUT2D eigenvalue weighted by atomic mass is 9.77. The van der Waals surface area contributed by atoms with E-state index in [0.29, 0.717) is 18.4 Å². The molecule has 1 aliphatic carbocycles. The van der Waals surface area contributed by atoms with Crippen LogP contribution in [0.4, 0.5) is 8.78 Å². The summed E-state index contributed by atoms with van der Waals surface area (Å²) in [5.41, 5.74) is -0.214. The van der Waals surface area contributed by atoms with Gasteiger partial charge in [-0.05, 0) is 30.9 Å². The largest absolute Gasteiger partial charge is 0.465 e. The molecule has 0 saturated heterocycles. The first-order valence-electron chi connectivity index (χ1n) is 7.11. The first kappa shape index (κ1) is 14.9. The van der Waals surface area contributed by atoms with Gasteiger partial charge in [-0.1, -0.05) is 32.3 Å². The molecule has 1 aromatic carbocycles. The molecule has 2 rings (SSSR count). The molecule has 0 N–H and O–H groups in total. The van der Waals surface area contributed by atoms with Crippen LogP contribution in [0.3, 0.4) is 0 Å². The van der Waals surface area contributed by atoms with Gasteiger partial charge in [-0.25, -0.2) is 8.78 Å². The van der Waals surface area contributed by atoms with E-state index >= 15 is 0 Å². The molecule has 2 atom stereocenters. The standard InChI is InChI=1S/C16H20F2O2/c1-10(12-5-3-6-12)9-20-16(19)11(2)15-13(17)7-4-8-14(15)18/h4,7-8,10-12H,3,5-6,9H2,1-2H3. The van der Waals surface area contributed by atoms with Crippen LogP contribution in [-0.2, 0) is 9.53 Å². The first-order chi connectivity index (χ1) is 9.50. The van der Waals surface area contributed by atoms with Crippen molar-refractivity contribution in [2.24, 2.45) is 11.8 Å². The van der Waals surface area contributed by atoms with Crippen LogP contribution < -0.4 is 0 Å². The van der Waals surface area contributed by atoms with Crippen LogP contribution >= 0.6 is 0 Å². The second-order valence-electron chi connectivity index (χ2n) is 5.66. The molecule has 0 radical (unpaired) electrons. The smallest absolute Gasteiger partial charge is 0.313 e. The third-order valence-corrected chi connectivity index (χ3v) is 4.23. The number of benzene rings is 1. The van der Waals surface area contributed by atoms with Crippen LogP contribution in [-0.4, -0.2) is 12.6 Å². The number of carbonyl (C=O) groups is 1. The third-order valence-electron chi connectivity index (χ3n) is 4.23. The van der Waals surface area contributed by atoms with Gasteiger partial charge in [0.1, 0.15) is 11.6 Å². The third kappa shape index (κ3) is 3.17. The van der Waals surface area contributed by atoms with E-state index in [1.807, 2.05) is 6.92 Å². The molecule has 0 amide bonds. The van der Waals surface area contributed by atoms with Gasteiger partial charge in [-0.2, -0.15) is 0 Å². The Hall–Kier alpha value is -1.45. The maximum absolute atomic E-state index is 13.6. The summed E-state index contributed by atoms with van der Waals surface area (Å²) in [6.45, 7) is 3.84. The Bertz CT molecular complexity index is 463. The van der Waals surface area contributed by atoms with E-state index in [1.165, 1.54) is 32.3 Å². The van der Waals surface area contributed by atoms with E-state index in [9.17, 15) is 13.6 Å². The van der Waals surface area contributed by atoms with E-state index in [-0.39, 0.29) is 5.56 Å². The summed E-state index contributed by atoms with van der Waals surface area (Å²) in [6, 6.07) is 3.59.